The fraction of sp³-hybridized carbons (Fsp3) is 0.722. The molecular weight excluding hydrogens is 316 g/mol. The van der Waals surface area contributed by atoms with Crippen molar-refractivity contribution < 1.29 is 4.79 Å². The van der Waals surface area contributed by atoms with Crippen LogP contribution in [-0.4, -0.2) is 84.6 Å². The SMILES string of the molecule is O=C1CCCN1CCN1CCN(c2ccnc(N3CCCC3)n2)CC1. The Labute approximate surface area is 149 Å². The van der Waals surface area contributed by atoms with Crippen LogP contribution in [0.4, 0.5) is 11.8 Å². The van der Waals surface area contributed by atoms with Crippen molar-refractivity contribution >= 4 is 17.7 Å². The first-order valence-corrected chi connectivity index (χ1v) is 9.63. The first-order valence-electron chi connectivity index (χ1n) is 9.63. The van der Waals surface area contributed by atoms with Gasteiger partial charge in [0.15, 0.2) is 0 Å². The summed E-state index contributed by atoms with van der Waals surface area (Å²) in [6.07, 6.45) is 6.14. The minimum atomic E-state index is 0.328. The molecule has 0 bridgehead atoms. The summed E-state index contributed by atoms with van der Waals surface area (Å²) >= 11 is 0. The minimum absolute atomic E-state index is 0.328. The lowest BCUT2D eigenvalue weighted by atomic mass is 10.3. The Kier molecular flexibility index (Phi) is 5.01. The van der Waals surface area contributed by atoms with Gasteiger partial charge in [-0.05, 0) is 25.3 Å². The highest BCUT2D eigenvalue weighted by molar-refractivity contribution is 5.78. The molecule has 0 aliphatic carbocycles. The van der Waals surface area contributed by atoms with E-state index in [9.17, 15) is 4.79 Å². The Morgan fingerprint density at radius 2 is 1.68 bits per heavy atom. The number of anilines is 2. The predicted molar refractivity (Wildman–Crippen MR) is 97.9 cm³/mol. The third-order valence-electron chi connectivity index (χ3n) is 5.57. The number of piperazine rings is 1. The van der Waals surface area contributed by atoms with Crippen molar-refractivity contribution in [1.82, 2.24) is 19.8 Å². The number of aromatic nitrogens is 2. The molecule has 7 nitrogen and oxygen atoms in total. The second kappa shape index (κ2) is 7.56. The molecule has 25 heavy (non-hydrogen) atoms. The molecule has 3 aliphatic heterocycles. The first-order chi connectivity index (χ1) is 12.3. The Morgan fingerprint density at radius 3 is 2.40 bits per heavy atom. The van der Waals surface area contributed by atoms with E-state index in [1.807, 2.05) is 17.2 Å². The van der Waals surface area contributed by atoms with Gasteiger partial charge >= 0.3 is 0 Å². The number of hydrogen-bond acceptors (Lipinski definition) is 6. The maximum atomic E-state index is 11.7. The van der Waals surface area contributed by atoms with E-state index in [0.29, 0.717) is 5.91 Å². The molecule has 3 aliphatic rings. The highest BCUT2D eigenvalue weighted by Crippen LogP contribution is 2.20. The third-order valence-corrected chi connectivity index (χ3v) is 5.57. The van der Waals surface area contributed by atoms with Gasteiger partial charge in [-0.25, -0.2) is 4.98 Å². The van der Waals surface area contributed by atoms with Crippen LogP contribution in [0.5, 0.6) is 0 Å². The Bertz CT molecular complexity index is 595. The Hall–Kier alpha value is -1.89. The predicted octanol–water partition coefficient (Wildman–Crippen LogP) is 0.821. The van der Waals surface area contributed by atoms with E-state index in [0.717, 1.165) is 83.5 Å². The number of nitrogens with zero attached hydrogens (tertiary/aromatic N) is 6. The monoisotopic (exact) mass is 344 g/mol. The topological polar surface area (TPSA) is 55.8 Å². The Morgan fingerprint density at radius 1 is 0.880 bits per heavy atom. The van der Waals surface area contributed by atoms with Crippen molar-refractivity contribution in [2.24, 2.45) is 0 Å². The molecule has 1 amide bonds. The second-order valence-electron chi connectivity index (χ2n) is 7.22. The number of amides is 1. The average molecular weight is 344 g/mol. The van der Waals surface area contributed by atoms with E-state index in [1.54, 1.807) is 0 Å². The van der Waals surface area contributed by atoms with Crippen LogP contribution < -0.4 is 9.80 Å². The summed E-state index contributed by atoms with van der Waals surface area (Å²) in [5.74, 6) is 2.25. The zero-order valence-corrected chi connectivity index (χ0v) is 14.9. The molecular formula is C18H28N6O. The van der Waals surface area contributed by atoms with Crippen LogP contribution in [0.1, 0.15) is 25.7 Å². The summed E-state index contributed by atoms with van der Waals surface area (Å²) in [5.41, 5.74) is 0. The molecule has 3 saturated heterocycles. The molecule has 0 N–H and O–H groups in total. The molecule has 0 spiro atoms. The maximum Gasteiger partial charge on any atom is 0.227 e. The molecule has 0 unspecified atom stereocenters. The van der Waals surface area contributed by atoms with E-state index in [4.69, 9.17) is 4.98 Å². The van der Waals surface area contributed by atoms with Gasteiger partial charge in [-0.2, -0.15) is 4.98 Å². The molecule has 4 rings (SSSR count). The van der Waals surface area contributed by atoms with Crippen molar-refractivity contribution in [1.29, 1.82) is 0 Å². The fourth-order valence-electron chi connectivity index (χ4n) is 3.99. The van der Waals surface area contributed by atoms with Crippen LogP contribution >= 0.6 is 0 Å². The zero-order valence-electron chi connectivity index (χ0n) is 14.9. The molecule has 1 aromatic heterocycles. The molecule has 0 aromatic carbocycles. The molecule has 0 atom stereocenters. The molecule has 3 fully saturated rings. The quantitative estimate of drug-likeness (QED) is 0.788. The van der Waals surface area contributed by atoms with Crippen LogP contribution in [0.3, 0.4) is 0 Å². The van der Waals surface area contributed by atoms with Crippen molar-refractivity contribution in [3.8, 4) is 0 Å². The van der Waals surface area contributed by atoms with Crippen LogP contribution in [0.2, 0.25) is 0 Å². The van der Waals surface area contributed by atoms with Crippen LogP contribution in [0.15, 0.2) is 12.3 Å². The standard InChI is InChI=1S/C18H28N6O/c25-17-4-3-9-23(17)15-12-21-10-13-22(14-11-21)16-5-6-19-18(20-16)24-7-1-2-8-24/h5-6H,1-4,7-15H2. The van der Waals surface area contributed by atoms with Gasteiger partial charge in [0.05, 0.1) is 0 Å². The number of carbonyl (C=O) groups excluding carboxylic acids is 1. The summed E-state index contributed by atoms with van der Waals surface area (Å²) in [7, 11) is 0. The summed E-state index contributed by atoms with van der Waals surface area (Å²) in [6, 6.07) is 2.03. The third kappa shape index (κ3) is 3.86. The number of hydrogen-bond donors (Lipinski definition) is 0. The average Bonchev–Trinajstić information content (AvgIpc) is 3.32. The van der Waals surface area contributed by atoms with Gasteiger partial charge in [0.25, 0.3) is 0 Å². The highest BCUT2D eigenvalue weighted by Gasteiger charge is 2.23. The first kappa shape index (κ1) is 16.6. The molecule has 1 aromatic rings. The van der Waals surface area contributed by atoms with Crippen molar-refractivity contribution in [2.75, 3.05) is 68.7 Å². The largest absolute Gasteiger partial charge is 0.354 e. The Balaban J connectivity index is 1.28. The van der Waals surface area contributed by atoms with E-state index in [2.05, 4.69) is 19.7 Å². The molecule has 4 heterocycles. The fourth-order valence-corrected chi connectivity index (χ4v) is 3.99. The zero-order chi connectivity index (χ0) is 17.1. The second-order valence-corrected chi connectivity index (χ2v) is 7.22. The summed E-state index contributed by atoms with van der Waals surface area (Å²) < 4.78 is 0. The highest BCUT2D eigenvalue weighted by atomic mass is 16.2. The molecule has 0 radical (unpaired) electrons. The van der Waals surface area contributed by atoms with Gasteiger partial charge in [-0.15, -0.1) is 0 Å². The lowest BCUT2D eigenvalue weighted by molar-refractivity contribution is -0.127. The summed E-state index contributed by atoms with van der Waals surface area (Å²) in [6.45, 7) is 9.01. The van der Waals surface area contributed by atoms with Crippen LogP contribution in [0.25, 0.3) is 0 Å². The van der Waals surface area contributed by atoms with Gasteiger partial charge < -0.3 is 14.7 Å². The molecule has 136 valence electrons. The van der Waals surface area contributed by atoms with E-state index in [-0.39, 0.29) is 0 Å². The van der Waals surface area contributed by atoms with Crippen molar-refractivity contribution in [3.63, 3.8) is 0 Å². The van der Waals surface area contributed by atoms with Crippen molar-refractivity contribution in [3.05, 3.63) is 12.3 Å². The van der Waals surface area contributed by atoms with Gasteiger partial charge in [-0.1, -0.05) is 0 Å². The van der Waals surface area contributed by atoms with Gasteiger partial charge in [0.1, 0.15) is 5.82 Å². The maximum absolute atomic E-state index is 11.7. The van der Waals surface area contributed by atoms with Crippen LogP contribution in [-0.2, 0) is 4.79 Å². The molecule has 7 heteroatoms. The summed E-state index contributed by atoms with van der Waals surface area (Å²) in [5, 5.41) is 0. The lowest BCUT2D eigenvalue weighted by Crippen LogP contribution is -2.49. The van der Waals surface area contributed by atoms with E-state index >= 15 is 0 Å². The smallest absolute Gasteiger partial charge is 0.227 e. The van der Waals surface area contributed by atoms with Crippen LogP contribution in [0, 0.1) is 0 Å². The van der Waals surface area contributed by atoms with E-state index < -0.39 is 0 Å². The van der Waals surface area contributed by atoms with Gasteiger partial charge in [0, 0.05) is 71.5 Å². The lowest BCUT2D eigenvalue weighted by Gasteiger charge is -2.36. The normalized spacial score (nSPS) is 22.2. The van der Waals surface area contributed by atoms with Crippen molar-refractivity contribution in [2.45, 2.75) is 25.7 Å². The number of rotatable bonds is 5. The van der Waals surface area contributed by atoms with Gasteiger partial charge in [0.2, 0.25) is 11.9 Å². The van der Waals surface area contributed by atoms with Gasteiger partial charge in [-0.3, -0.25) is 9.69 Å². The number of carbonyl (C=O) groups is 1. The molecule has 0 saturated carbocycles. The summed E-state index contributed by atoms with van der Waals surface area (Å²) in [4.78, 5) is 30.1. The number of likely N-dealkylation sites (tertiary alicyclic amines) is 1. The van der Waals surface area contributed by atoms with E-state index in [1.165, 1.54) is 12.8 Å². The minimum Gasteiger partial charge on any atom is -0.354 e.